The quantitative estimate of drug-likeness (QED) is 0.510. The molecule has 1 heterocycles. The Kier molecular flexibility index (Phi) is 6.77. The van der Waals surface area contributed by atoms with Gasteiger partial charge < -0.3 is 10.6 Å². The van der Waals surface area contributed by atoms with Gasteiger partial charge in [-0.25, -0.2) is 4.39 Å². The molecule has 1 aliphatic rings. The zero-order chi connectivity index (χ0) is 21.6. The van der Waals surface area contributed by atoms with Gasteiger partial charge in [-0.3, -0.25) is 9.59 Å². The van der Waals surface area contributed by atoms with Crippen LogP contribution in [0.15, 0.2) is 54.6 Å². The summed E-state index contributed by atoms with van der Waals surface area (Å²) in [6, 6.07) is 15.9. The third kappa shape index (κ3) is 5.02. The minimum absolute atomic E-state index is 0.0264. The van der Waals surface area contributed by atoms with Crippen molar-refractivity contribution in [1.29, 1.82) is 0 Å². The second kappa shape index (κ2) is 9.88. The van der Waals surface area contributed by atoms with Crippen LogP contribution in [0.25, 0.3) is 0 Å². The maximum absolute atomic E-state index is 14.1. The summed E-state index contributed by atoms with van der Waals surface area (Å²) in [4.78, 5) is 27.0. The third-order valence-corrected chi connectivity index (χ3v) is 6.74. The minimum atomic E-state index is -0.577. The number of thiophene rings is 1. The van der Waals surface area contributed by atoms with Crippen molar-refractivity contribution < 1.29 is 14.0 Å². The maximum atomic E-state index is 14.1. The number of rotatable bonds is 6. The van der Waals surface area contributed by atoms with Gasteiger partial charge in [-0.15, -0.1) is 11.3 Å². The van der Waals surface area contributed by atoms with E-state index in [1.807, 2.05) is 30.3 Å². The summed E-state index contributed by atoms with van der Waals surface area (Å²) in [5.74, 6) is -1.29. The van der Waals surface area contributed by atoms with E-state index in [9.17, 15) is 14.0 Å². The van der Waals surface area contributed by atoms with Crippen molar-refractivity contribution in [2.24, 2.45) is 0 Å². The fraction of sp³-hybridized carbons (Fsp3) is 0.280. The van der Waals surface area contributed by atoms with Gasteiger partial charge in [0.05, 0.1) is 11.1 Å². The molecular weight excluding hydrogens is 411 g/mol. The fourth-order valence-electron chi connectivity index (χ4n) is 3.94. The van der Waals surface area contributed by atoms with Crippen molar-refractivity contribution in [1.82, 2.24) is 5.32 Å². The number of hydrogen-bond acceptors (Lipinski definition) is 3. The number of halogens is 1. The lowest BCUT2D eigenvalue weighted by molar-refractivity contribution is 0.0954. The minimum Gasteiger partial charge on any atom is -0.352 e. The van der Waals surface area contributed by atoms with Crippen LogP contribution in [-0.4, -0.2) is 18.4 Å². The van der Waals surface area contributed by atoms with Gasteiger partial charge in [-0.05, 0) is 55.4 Å². The van der Waals surface area contributed by atoms with Crippen LogP contribution in [0.4, 0.5) is 9.39 Å². The lowest BCUT2D eigenvalue weighted by atomic mass is 10.0. The lowest BCUT2D eigenvalue weighted by Gasteiger charge is -2.10. The smallest absolute Gasteiger partial charge is 0.259 e. The number of fused-ring (bicyclic) bond motifs is 1. The van der Waals surface area contributed by atoms with Crippen LogP contribution >= 0.6 is 11.3 Å². The zero-order valence-electron chi connectivity index (χ0n) is 17.2. The first-order chi connectivity index (χ1) is 15.1. The van der Waals surface area contributed by atoms with Crippen molar-refractivity contribution >= 4 is 28.2 Å². The average Bonchev–Trinajstić information content (AvgIpc) is 2.95. The monoisotopic (exact) mass is 436 g/mol. The van der Waals surface area contributed by atoms with Gasteiger partial charge in [0.2, 0.25) is 0 Å². The summed E-state index contributed by atoms with van der Waals surface area (Å²) in [6.07, 6.45) is 5.68. The Morgan fingerprint density at radius 2 is 1.65 bits per heavy atom. The van der Waals surface area contributed by atoms with Crippen LogP contribution in [0.1, 0.15) is 56.0 Å². The molecule has 0 bridgehead atoms. The van der Waals surface area contributed by atoms with Crippen molar-refractivity contribution in [2.75, 3.05) is 11.9 Å². The van der Waals surface area contributed by atoms with Crippen LogP contribution in [0, 0.1) is 5.82 Å². The molecule has 0 spiro atoms. The molecule has 0 fully saturated rings. The number of hydrogen-bond donors (Lipinski definition) is 2. The average molecular weight is 437 g/mol. The third-order valence-electron chi connectivity index (χ3n) is 5.54. The number of amides is 2. The maximum Gasteiger partial charge on any atom is 0.259 e. The molecule has 160 valence electrons. The summed E-state index contributed by atoms with van der Waals surface area (Å²) < 4.78 is 14.1. The second-order valence-electron chi connectivity index (χ2n) is 7.69. The number of anilines is 1. The number of carbonyl (C=O) groups is 2. The first-order valence-corrected chi connectivity index (χ1v) is 11.5. The summed E-state index contributed by atoms with van der Waals surface area (Å²) >= 11 is 1.45. The Bertz CT molecular complexity index is 1080. The summed E-state index contributed by atoms with van der Waals surface area (Å²) in [5, 5.41) is 6.34. The number of benzene rings is 2. The molecule has 0 saturated carbocycles. The van der Waals surface area contributed by atoms with Crippen molar-refractivity contribution in [3.63, 3.8) is 0 Å². The first kappa shape index (κ1) is 21.2. The Morgan fingerprint density at radius 3 is 2.45 bits per heavy atom. The largest absolute Gasteiger partial charge is 0.352 e. The van der Waals surface area contributed by atoms with Gasteiger partial charge >= 0.3 is 0 Å². The standard InChI is InChI=1S/C25H25FN2O2S/c26-20-13-8-7-11-18(20)23(29)28-25-22(19-12-5-2-6-14-21(19)31-25)24(30)27-16-15-17-9-3-1-4-10-17/h1,3-4,7-11,13H,2,5-6,12,14-16H2,(H,27,30)(H,28,29). The van der Waals surface area contributed by atoms with Gasteiger partial charge in [-0.1, -0.05) is 48.9 Å². The zero-order valence-corrected chi connectivity index (χ0v) is 18.1. The Balaban J connectivity index is 1.56. The summed E-state index contributed by atoms with van der Waals surface area (Å²) in [5.41, 5.74) is 2.70. The molecule has 0 aliphatic heterocycles. The molecule has 2 aromatic carbocycles. The molecule has 1 aliphatic carbocycles. The molecule has 0 atom stereocenters. The van der Waals surface area contributed by atoms with Crippen LogP contribution in [-0.2, 0) is 19.3 Å². The van der Waals surface area contributed by atoms with E-state index in [1.54, 1.807) is 12.1 Å². The summed E-state index contributed by atoms with van der Waals surface area (Å²) in [7, 11) is 0. The summed E-state index contributed by atoms with van der Waals surface area (Å²) in [6.45, 7) is 0.508. The Labute approximate surface area is 185 Å². The van der Waals surface area contributed by atoms with E-state index in [1.165, 1.54) is 23.5 Å². The predicted octanol–water partition coefficient (Wildman–Crippen LogP) is 5.38. The molecule has 31 heavy (non-hydrogen) atoms. The highest BCUT2D eigenvalue weighted by Gasteiger charge is 2.26. The molecule has 0 saturated heterocycles. The van der Waals surface area contributed by atoms with Gasteiger partial charge in [-0.2, -0.15) is 0 Å². The van der Waals surface area contributed by atoms with E-state index < -0.39 is 11.7 Å². The van der Waals surface area contributed by atoms with Crippen molar-refractivity contribution in [3.05, 3.63) is 87.5 Å². The lowest BCUT2D eigenvalue weighted by Crippen LogP contribution is -2.27. The normalized spacial score (nSPS) is 13.2. The highest BCUT2D eigenvalue weighted by molar-refractivity contribution is 7.17. The Hall–Kier alpha value is -2.99. The van der Waals surface area contributed by atoms with Crippen molar-refractivity contribution in [3.8, 4) is 0 Å². The first-order valence-electron chi connectivity index (χ1n) is 10.7. The topological polar surface area (TPSA) is 58.2 Å². The van der Waals surface area contributed by atoms with E-state index in [0.29, 0.717) is 17.1 Å². The molecule has 2 N–H and O–H groups in total. The molecule has 4 rings (SSSR count). The molecule has 0 radical (unpaired) electrons. The van der Waals surface area contributed by atoms with E-state index in [2.05, 4.69) is 10.6 Å². The van der Waals surface area contributed by atoms with Gasteiger partial charge in [0.15, 0.2) is 0 Å². The second-order valence-corrected chi connectivity index (χ2v) is 8.80. The molecule has 6 heteroatoms. The Morgan fingerprint density at radius 1 is 0.903 bits per heavy atom. The van der Waals surface area contributed by atoms with Gasteiger partial charge in [0.25, 0.3) is 11.8 Å². The molecule has 2 amide bonds. The molecular formula is C25H25FN2O2S. The molecule has 0 unspecified atom stereocenters. The van der Waals surface area contributed by atoms with Gasteiger partial charge in [0, 0.05) is 11.4 Å². The van der Waals surface area contributed by atoms with Crippen LogP contribution in [0.5, 0.6) is 0 Å². The van der Waals surface area contributed by atoms with Crippen LogP contribution < -0.4 is 10.6 Å². The predicted molar refractivity (Wildman–Crippen MR) is 122 cm³/mol. The van der Waals surface area contributed by atoms with Crippen LogP contribution in [0.2, 0.25) is 0 Å². The molecule has 4 nitrogen and oxygen atoms in total. The SMILES string of the molecule is O=C(Nc1sc2c(c1C(=O)NCCc1ccccc1)CCCCC2)c1ccccc1F. The van der Waals surface area contributed by atoms with E-state index in [4.69, 9.17) is 0 Å². The van der Waals surface area contributed by atoms with Crippen molar-refractivity contribution in [2.45, 2.75) is 38.5 Å². The number of aryl methyl sites for hydroxylation is 1. The number of nitrogens with one attached hydrogen (secondary N) is 2. The van der Waals surface area contributed by atoms with E-state index in [-0.39, 0.29) is 11.5 Å². The fourth-order valence-corrected chi connectivity index (χ4v) is 5.22. The molecule has 3 aromatic rings. The number of carbonyl (C=O) groups excluding carboxylic acids is 2. The molecule has 1 aromatic heterocycles. The van der Waals surface area contributed by atoms with Gasteiger partial charge in [0.1, 0.15) is 10.8 Å². The van der Waals surface area contributed by atoms with E-state index in [0.717, 1.165) is 54.5 Å². The van der Waals surface area contributed by atoms with Crippen LogP contribution in [0.3, 0.4) is 0 Å². The van der Waals surface area contributed by atoms with E-state index >= 15 is 0 Å². The highest BCUT2D eigenvalue weighted by Crippen LogP contribution is 2.37. The highest BCUT2D eigenvalue weighted by atomic mass is 32.1.